The summed E-state index contributed by atoms with van der Waals surface area (Å²) < 4.78 is 1.73. The molecule has 0 aliphatic carbocycles. The Balaban J connectivity index is 1.94. The fraction of sp³-hybridized carbons (Fsp3) is 0.167. The number of ketones is 1. The van der Waals surface area contributed by atoms with E-state index in [1.807, 2.05) is 6.92 Å². The van der Waals surface area contributed by atoms with Crippen LogP contribution in [0, 0.1) is 0 Å². The smallest absolute Gasteiger partial charge is 0.274 e. The van der Waals surface area contributed by atoms with Crippen molar-refractivity contribution in [2.24, 2.45) is 0 Å². The van der Waals surface area contributed by atoms with E-state index in [0.29, 0.717) is 39.7 Å². The third-order valence-electron chi connectivity index (χ3n) is 3.76. The van der Waals surface area contributed by atoms with Crippen molar-refractivity contribution >= 4 is 34.6 Å². The zero-order valence-corrected chi connectivity index (χ0v) is 14.1. The molecule has 0 saturated carbocycles. The normalized spacial score (nSPS) is 10.8. The summed E-state index contributed by atoms with van der Waals surface area (Å²) in [5, 5.41) is 3.42. The highest BCUT2D eigenvalue weighted by Crippen LogP contribution is 2.19. The number of benzene rings is 1. The molecular weight excluding hydrogens is 326 g/mol. The van der Waals surface area contributed by atoms with Gasteiger partial charge in [-0.05, 0) is 43.7 Å². The van der Waals surface area contributed by atoms with Gasteiger partial charge in [-0.25, -0.2) is 4.98 Å². The standard InChI is InChI=1S/C18H16ClN3O2/c1-3-15-17(22-9-8-13(19)10-16(22)21-15)18(24)20-14-6-4-12(5-7-14)11(2)23/h4-10H,3H2,1-2H3,(H,20,24). The van der Waals surface area contributed by atoms with Gasteiger partial charge in [-0.15, -0.1) is 0 Å². The first-order chi connectivity index (χ1) is 11.5. The molecule has 1 aromatic carbocycles. The van der Waals surface area contributed by atoms with Crippen LogP contribution < -0.4 is 5.32 Å². The van der Waals surface area contributed by atoms with E-state index >= 15 is 0 Å². The number of imidazole rings is 1. The summed E-state index contributed by atoms with van der Waals surface area (Å²) in [6, 6.07) is 10.2. The maximum atomic E-state index is 12.7. The average Bonchev–Trinajstić information content (AvgIpc) is 2.92. The van der Waals surface area contributed by atoms with Gasteiger partial charge in [-0.2, -0.15) is 0 Å². The fourth-order valence-electron chi connectivity index (χ4n) is 2.53. The number of nitrogens with zero attached hydrogens (tertiary/aromatic N) is 2. The number of hydrogen-bond acceptors (Lipinski definition) is 3. The van der Waals surface area contributed by atoms with Crippen molar-refractivity contribution in [3.05, 3.63) is 64.6 Å². The van der Waals surface area contributed by atoms with Crippen LogP contribution in [0.2, 0.25) is 5.02 Å². The van der Waals surface area contributed by atoms with E-state index in [1.165, 1.54) is 6.92 Å². The first-order valence-corrected chi connectivity index (χ1v) is 7.96. The van der Waals surface area contributed by atoms with E-state index in [0.717, 1.165) is 0 Å². The van der Waals surface area contributed by atoms with E-state index in [4.69, 9.17) is 11.6 Å². The molecule has 1 amide bonds. The SMILES string of the molecule is CCc1nc2cc(Cl)ccn2c1C(=O)Nc1ccc(C(C)=O)cc1. The summed E-state index contributed by atoms with van der Waals surface area (Å²) in [6.45, 7) is 3.45. The molecule has 2 heterocycles. The zero-order chi connectivity index (χ0) is 17.3. The number of aromatic nitrogens is 2. The van der Waals surface area contributed by atoms with Gasteiger partial charge in [0.2, 0.25) is 0 Å². The molecule has 1 N–H and O–H groups in total. The molecule has 122 valence electrons. The van der Waals surface area contributed by atoms with Crippen LogP contribution >= 0.6 is 11.6 Å². The predicted octanol–water partition coefficient (Wildman–Crippen LogP) is 4.01. The van der Waals surface area contributed by atoms with Crippen LogP contribution in [0.4, 0.5) is 5.69 Å². The lowest BCUT2D eigenvalue weighted by Gasteiger charge is -2.07. The van der Waals surface area contributed by atoms with E-state index in [1.54, 1.807) is 47.0 Å². The highest BCUT2D eigenvalue weighted by atomic mass is 35.5. The van der Waals surface area contributed by atoms with Crippen molar-refractivity contribution in [1.82, 2.24) is 9.38 Å². The molecule has 0 aliphatic rings. The molecule has 0 radical (unpaired) electrons. The molecule has 2 aromatic heterocycles. The van der Waals surface area contributed by atoms with E-state index in [9.17, 15) is 9.59 Å². The van der Waals surface area contributed by atoms with Gasteiger partial charge < -0.3 is 5.32 Å². The van der Waals surface area contributed by atoms with Crippen LogP contribution in [0.1, 0.15) is 40.4 Å². The summed E-state index contributed by atoms with van der Waals surface area (Å²) in [7, 11) is 0. The second-order valence-corrected chi connectivity index (χ2v) is 5.86. The summed E-state index contributed by atoms with van der Waals surface area (Å²) >= 11 is 5.99. The van der Waals surface area contributed by atoms with Crippen LogP contribution in [0.25, 0.3) is 5.65 Å². The van der Waals surface area contributed by atoms with Crippen LogP contribution in [0.5, 0.6) is 0 Å². The van der Waals surface area contributed by atoms with Gasteiger partial charge in [0.15, 0.2) is 5.78 Å². The van der Waals surface area contributed by atoms with Gasteiger partial charge in [0.05, 0.1) is 5.69 Å². The number of nitrogens with one attached hydrogen (secondary N) is 1. The molecule has 0 fully saturated rings. The topological polar surface area (TPSA) is 63.5 Å². The molecule has 0 bridgehead atoms. The van der Waals surface area contributed by atoms with Crippen molar-refractivity contribution in [3.8, 4) is 0 Å². The van der Waals surface area contributed by atoms with Crippen LogP contribution in [-0.4, -0.2) is 21.1 Å². The number of amides is 1. The van der Waals surface area contributed by atoms with Crippen molar-refractivity contribution in [3.63, 3.8) is 0 Å². The average molecular weight is 342 g/mol. The Kier molecular flexibility index (Phi) is 4.36. The van der Waals surface area contributed by atoms with Crippen LogP contribution in [0.15, 0.2) is 42.6 Å². The van der Waals surface area contributed by atoms with Gasteiger partial charge in [-0.3, -0.25) is 14.0 Å². The van der Waals surface area contributed by atoms with Crippen molar-refractivity contribution in [2.75, 3.05) is 5.32 Å². The maximum absolute atomic E-state index is 12.7. The molecule has 0 aliphatic heterocycles. The Morgan fingerprint density at radius 2 is 1.92 bits per heavy atom. The largest absolute Gasteiger partial charge is 0.321 e. The number of aryl methyl sites for hydroxylation is 1. The van der Waals surface area contributed by atoms with Gasteiger partial charge in [0.25, 0.3) is 5.91 Å². The first-order valence-electron chi connectivity index (χ1n) is 7.58. The minimum atomic E-state index is -0.253. The molecule has 3 rings (SSSR count). The van der Waals surface area contributed by atoms with Gasteiger partial charge in [0, 0.05) is 28.5 Å². The summed E-state index contributed by atoms with van der Waals surface area (Å²) in [5.74, 6) is -0.267. The molecule has 3 aromatic rings. The maximum Gasteiger partial charge on any atom is 0.274 e. The van der Waals surface area contributed by atoms with Gasteiger partial charge >= 0.3 is 0 Å². The minimum absolute atomic E-state index is 0.0141. The number of anilines is 1. The Morgan fingerprint density at radius 1 is 1.21 bits per heavy atom. The lowest BCUT2D eigenvalue weighted by molar-refractivity contribution is 0.101. The second kappa shape index (κ2) is 6.45. The molecule has 5 nitrogen and oxygen atoms in total. The van der Waals surface area contributed by atoms with Crippen molar-refractivity contribution in [1.29, 1.82) is 0 Å². The van der Waals surface area contributed by atoms with Crippen LogP contribution in [-0.2, 0) is 6.42 Å². The van der Waals surface area contributed by atoms with Gasteiger partial charge in [-0.1, -0.05) is 18.5 Å². The second-order valence-electron chi connectivity index (χ2n) is 5.42. The quantitative estimate of drug-likeness (QED) is 0.729. The number of carbonyl (C=O) groups excluding carboxylic acids is 2. The summed E-state index contributed by atoms with van der Waals surface area (Å²) in [4.78, 5) is 28.5. The molecule has 0 spiro atoms. The van der Waals surface area contributed by atoms with Crippen LogP contribution in [0.3, 0.4) is 0 Å². The molecule has 0 atom stereocenters. The van der Waals surface area contributed by atoms with Crippen molar-refractivity contribution in [2.45, 2.75) is 20.3 Å². The number of halogens is 1. The molecule has 24 heavy (non-hydrogen) atoms. The highest BCUT2D eigenvalue weighted by molar-refractivity contribution is 6.30. The number of pyridine rings is 1. The van der Waals surface area contributed by atoms with E-state index in [-0.39, 0.29) is 11.7 Å². The number of hydrogen-bond donors (Lipinski definition) is 1. The lowest BCUT2D eigenvalue weighted by Crippen LogP contribution is -2.16. The molecule has 0 saturated heterocycles. The Morgan fingerprint density at radius 3 is 2.54 bits per heavy atom. The molecular formula is C18H16ClN3O2. The Labute approximate surface area is 144 Å². The fourth-order valence-corrected chi connectivity index (χ4v) is 2.69. The first kappa shape index (κ1) is 16.2. The number of carbonyl (C=O) groups is 2. The zero-order valence-electron chi connectivity index (χ0n) is 13.3. The van der Waals surface area contributed by atoms with E-state index < -0.39 is 0 Å². The monoisotopic (exact) mass is 341 g/mol. The number of Topliss-reactive ketones (excluding diaryl/α,β-unsaturated/α-hetero) is 1. The Bertz CT molecular complexity index is 929. The summed E-state index contributed by atoms with van der Waals surface area (Å²) in [5.41, 5.74) is 3.05. The lowest BCUT2D eigenvalue weighted by atomic mass is 10.1. The van der Waals surface area contributed by atoms with Gasteiger partial charge in [0.1, 0.15) is 11.3 Å². The molecule has 0 unspecified atom stereocenters. The predicted molar refractivity (Wildman–Crippen MR) is 94.0 cm³/mol. The Hall–Kier alpha value is -2.66. The highest BCUT2D eigenvalue weighted by Gasteiger charge is 2.18. The minimum Gasteiger partial charge on any atom is -0.321 e. The number of fused-ring (bicyclic) bond motifs is 1. The third-order valence-corrected chi connectivity index (χ3v) is 3.99. The number of rotatable bonds is 4. The van der Waals surface area contributed by atoms with Crippen molar-refractivity contribution < 1.29 is 9.59 Å². The van der Waals surface area contributed by atoms with E-state index in [2.05, 4.69) is 10.3 Å². The summed E-state index contributed by atoms with van der Waals surface area (Å²) in [6.07, 6.45) is 2.36. The third kappa shape index (κ3) is 3.03. The molecule has 6 heteroatoms.